The van der Waals surface area contributed by atoms with Crippen LogP contribution in [0.5, 0.6) is 0 Å². The van der Waals surface area contributed by atoms with Gasteiger partial charge in [0.05, 0.1) is 25.0 Å². The molecule has 1 heterocycles. The lowest BCUT2D eigenvalue weighted by Gasteiger charge is -2.18. The molecular weight excluding hydrogens is 386 g/mol. The number of anilines is 2. The van der Waals surface area contributed by atoms with Gasteiger partial charge in [-0.15, -0.1) is 0 Å². The molecule has 9 heteroatoms. The van der Waals surface area contributed by atoms with Crippen LogP contribution in [0.3, 0.4) is 0 Å². The minimum Gasteiger partial charge on any atom is -0.464 e. The summed E-state index contributed by atoms with van der Waals surface area (Å²) in [6.07, 6.45) is 0. The van der Waals surface area contributed by atoms with Gasteiger partial charge in [0.1, 0.15) is 11.4 Å². The van der Waals surface area contributed by atoms with Crippen molar-refractivity contribution in [2.75, 3.05) is 18.3 Å². The Bertz CT molecular complexity index is 1090. The van der Waals surface area contributed by atoms with Crippen LogP contribution < -0.4 is 22.3 Å². The maximum absolute atomic E-state index is 12.9. The normalized spacial score (nSPS) is 12.2. The highest BCUT2D eigenvalue weighted by atomic mass is 16.5. The van der Waals surface area contributed by atoms with Gasteiger partial charge in [-0.3, -0.25) is 20.3 Å². The lowest BCUT2D eigenvalue weighted by atomic mass is 9.96. The summed E-state index contributed by atoms with van der Waals surface area (Å²) in [6, 6.07) is 10.6. The summed E-state index contributed by atoms with van der Waals surface area (Å²) in [5.74, 6) is 3.54. The Morgan fingerprint density at radius 2 is 1.87 bits per heavy atom. The lowest BCUT2D eigenvalue weighted by Crippen LogP contribution is -2.36. The van der Waals surface area contributed by atoms with Crippen molar-refractivity contribution in [3.63, 3.8) is 0 Å². The summed E-state index contributed by atoms with van der Waals surface area (Å²) in [6.45, 7) is 7.27. The molecule has 0 saturated heterocycles. The topological polar surface area (TPSA) is 140 Å². The molecule has 0 aromatic heterocycles. The van der Waals surface area contributed by atoms with Crippen LogP contribution in [0.1, 0.15) is 15.9 Å². The number of carbonyl (C=O) groups is 3. The Morgan fingerprint density at radius 3 is 2.50 bits per heavy atom. The van der Waals surface area contributed by atoms with E-state index in [1.54, 1.807) is 24.3 Å². The molecule has 2 aromatic rings. The number of benzene rings is 2. The van der Waals surface area contributed by atoms with E-state index in [4.69, 9.17) is 11.6 Å². The van der Waals surface area contributed by atoms with Crippen molar-refractivity contribution in [1.29, 1.82) is 0 Å². The minimum absolute atomic E-state index is 0.116. The number of hydrazine groups is 1. The zero-order chi connectivity index (χ0) is 22.0. The number of fused-ring (bicyclic) bond motifs is 1. The smallest absolute Gasteiger partial charge is 0.353 e. The van der Waals surface area contributed by atoms with Gasteiger partial charge in [-0.1, -0.05) is 31.4 Å². The number of rotatable bonds is 6. The minimum atomic E-state index is -0.789. The van der Waals surface area contributed by atoms with Crippen molar-refractivity contribution in [3.8, 4) is 11.1 Å². The van der Waals surface area contributed by atoms with Gasteiger partial charge in [0.25, 0.3) is 11.8 Å². The van der Waals surface area contributed by atoms with Crippen molar-refractivity contribution in [2.24, 2.45) is 5.84 Å². The number of nitrogens with zero attached hydrogens (tertiary/aromatic N) is 1. The zero-order valence-electron chi connectivity index (χ0n) is 16.3. The van der Waals surface area contributed by atoms with Gasteiger partial charge in [-0.05, 0) is 34.9 Å². The molecule has 0 radical (unpaired) electrons. The molecule has 0 saturated carbocycles. The van der Waals surface area contributed by atoms with Crippen molar-refractivity contribution in [2.45, 2.75) is 6.54 Å². The Balaban J connectivity index is 1.88. The van der Waals surface area contributed by atoms with E-state index in [1.807, 2.05) is 12.1 Å². The fourth-order valence-electron chi connectivity index (χ4n) is 3.19. The van der Waals surface area contributed by atoms with E-state index in [1.165, 1.54) is 12.0 Å². The van der Waals surface area contributed by atoms with E-state index in [0.717, 1.165) is 16.7 Å². The molecule has 0 fully saturated rings. The van der Waals surface area contributed by atoms with Gasteiger partial charge in [0.2, 0.25) is 0 Å². The molecule has 0 atom stereocenters. The maximum atomic E-state index is 12.9. The number of carbonyl (C=O) groups excluding carboxylic acids is 3. The fourth-order valence-corrected chi connectivity index (χ4v) is 3.19. The van der Waals surface area contributed by atoms with Crippen molar-refractivity contribution in [1.82, 2.24) is 10.2 Å². The van der Waals surface area contributed by atoms with Crippen LogP contribution in [-0.4, -0.2) is 29.8 Å². The first kappa shape index (κ1) is 20.6. The van der Waals surface area contributed by atoms with Crippen LogP contribution in [0.25, 0.3) is 11.1 Å². The predicted molar refractivity (Wildman–Crippen MR) is 112 cm³/mol. The molecule has 2 amide bonds. The fraction of sp³-hybridized carbons (Fsp3) is 0.0952. The van der Waals surface area contributed by atoms with E-state index < -0.39 is 11.9 Å². The molecule has 30 heavy (non-hydrogen) atoms. The summed E-state index contributed by atoms with van der Waals surface area (Å²) >= 11 is 0. The monoisotopic (exact) mass is 407 g/mol. The average molecular weight is 407 g/mol. The second-order valence-electron chi connectivity index (χ2n) is 6.54. The van der Waals surface area contributed by atoms with Gasteiger partial charge in [0, 0.05) is 5.56 Å². The quantitative estimate of drug-likeness (QED) is 0.187. The standard InChI is InChI=1S/C21H21N5O4/c1-11(21(29)30-3)24-19(27)12(2)26-10-16-14(5-4-6-15(16)20(26)28)13-7-8-18(25-23)17(22)9-13/h4-9,25H,1-2,10,22-23H2,3H3,(H,24,27). The van der Waals surface area contributed by atoms with Crippen LogP contribution in [0.4, 0.5) is 11.4 Å². The number of hydrogen-bond acceptors (Lipinski definition) is 7. The van der Waals surface area contributed by atoms with Crippen molar-refractivity contribution < 1.29 is 19.1 Å². The Hall–Kier alpha value is -4.11. The van der Waals surface area contributed by atoms with Gasteiger partial charge in [-0.2, -0.15) is 0 Å². The zero-order valence-corrected chi connectivity index (χ0v) is 16.3. The molecule has 1 aliphatic rings. The highest BCUT2D eigenvalue weighted by Crippen LogP contribution is 2.35. The maximum Gasteiger partial charge on any atom is 0.353 e. The van der Waals surface area contributed by atoms with E-state index >= 15 is 0 Å². The molecular formula is C21H21N5O4. The third-order valence-corrected chi connectivity index (χ3v) is 4.77. The number of amides is 2. The molecule has 2 aromatic carbocycles. The van der Waals surface area contributed by atoms with Gasteiger partial charge in [0.15, 0.2) is 0 Å². The van der Waals surface area contributed by atoms with E-state index in [-0.39, 0.29) is 23.8 Å². The van der Waals surface area contributed by atoms with Crippen LogP contribution in [0.2, 0.25) is 0 Å². The van der Waals surface area contributed by atoms with Crippen molar-refractivity contribution >= 4 is 29.2 Å². The highest BCUT2D eigenvalue weighted by molar-refractivity contribution is 6.07. The Morgan fingerprint density at radius 1 is 1.17 bits per heavy atom. The first-order chi connectivity index (χ1) is 14.3. The second-order valence-corrected chi connectivity index (χ2v) is 6.54. The molecule has 0 bridgehead atoms. The first-order valence-corrected chi connectivity index (χ1v) is 8.86. The van der Waals surface area contributed by atoms with Gasteiger partial charge >= 0.3 is 5.97 Å². The average Bonchev–Trinajstić information content (AvgIpc) is 3.09. The van der Waals surface area contributed by atoms with Crippen LogP contribution in [0, 0.1) is 0 Å². The van der Waals surface area contributed by atoms with Gasteiger partial charge in [-0.25, -0.2) is 4.79 Å². The van der Waals surface area contributed by atoms with E-state index in [9.17, 15) is 14.4 Å². The molecule has 0 aliphatic carbocycles. The molecule has 3 rings (SSSR count). The highest BCUT2D eigenvalue weighted by Gasteiger charge is 2.33. The molecule has 0 spiro atoms. The third-order valence-electron chi connectivity index (χ3n) is 4.77. The molecule has 1 aliphatic heterocycles. The lowest BCUT2D eigenvalue weighted by molar-refractivity contribution is -0.137. The number of hydrogen-bond donors (Lipinski definition) is 4. The Kier molecular flexibility index (Phi) is 5.56. The Labute approximate surface area is 172 Å². The van der Waals surface area contributed by atoms with Gasteiger partial charge < -0.3 is 21.2 Å². The van der Waals surface area contributed by atoms with Crippen molar-refractivity contribution in [3.05, 3.63) is 72.1 Å². The van der Waals surface area contributed by atoms with Crippen LogP contribution in [0.15, 0.2) is 61.0 Å². The third kappa shape index (κ3) is 3.61. The molecule has 6 N–H and O–H groups in total. The molecule has 9 nitrogen and oxygen atoms in total. The number of ether oxygens (including phenoxy) is 1. The van der Waals surface area contributed by atoms with E-state index in [2.05, 4.69) is 28.6 Å². The first-order valence-electron chi connectivity index (χ1n) is 8.86. The summed E-state index contributed by atoms with van der Waals surface area (Å²) in [5.41, 5.74) is 12.0. The number of esters is 1. The second kappa shape index (κ2) is 8.10. The SMILES string of the molecule is C=C(NC(=O)C(=C)N1Cc2c(cccc2-c2ccc(NN)c(N)c2)C1=O)C(=O)OC. The summed E-state index contributed by atoms with van der Waals surface area (Å²) in [7, 11) is 1.17. The number of nitrogen functional groups attached to an aromatic ring is 2. The van der Waals surface area contributed by atoms with E-state index in [0.29, 0.717) is 16.9 Å². The van der Waals surface area contributed by atoms with Crippen LogP contribution >= 0.6 is 0 Å². The number of nitrogens with one attached hydrogen (secondary N) is 2. The molecule has 154 valence electrons. The largest absolute Gasteiger partial charge is 0.464 e. The summed E-state index contributed by atoms with van der Waals surface area (Å²) in [5, 5.41) is 2.28. The number of methoxy groups -OCH3 is 1. The summed E-state index contributed by atoms with van der Waals surface area (Å²) in [4.78, 5) is 38.0. The number of nitrogens with two attached hydrogens (primary N) is 2. The molecule has 0 unspecified atom stereocenters. The van der Waals surface area contributed by atoms with Crippen LogP contribution in [-0.2, 0) is 20.9 Å². The summed E-state index contributed by atoms with van der Waals surface area (Å²) < 4.78 is 4.49. The predicted octanol–water partition coefficient (Wildman–Crippen LogP) is 1.49.